The zero-order valence-electron chi connectivity index (χ0n) is 13.5. The molecule has 1 aromatic rings. The fourth-order valence-corrected chi connectivity index (χ4v) is 3.42. The van der Waals surface area contributed by atoms with Crippen molar-refractivity contribution in [2.75, 3.05) is 53.4 Å². The number of morpholine rings is 1. The van der Waals surface area contributed by atoms with Crippen LogP contribution in [0.5, 0.6) is 0 Å². The molecule has 2 fully saturated rings. The van der Waals surface area contributed by atoms with Crippen LogP contribution in [0.25, 0.3) is 0 Å². The van der Waals surface area contributed by atoms with Gasteiger partial charge in [-0.05, 0) is 31.8 Å². The fourth-order valence-electron chi connectivity index (χ4n) is 3.42. The van der Waals surface area contributed by atoms with E-state index in [1.807, 2.05) is 12.1 Å². The van der Waals surface area contributed by atoms with Crippen molar-refractivity contribution in [2.45, 2.75) is 18.7 Å². The molecule has 0 radical (unpaired) electrons. The number of halogens is 1. The van der Waals surface area contributed by atoms with Crippen LogP contribution in [-0.4, -0.2) is 80.3 Å². The normalized spacial score (nSPS) is 26.5. The summed E-state index contributed by atoms with van der Waals surface area (Å²) in [6.45, 7) is 6.93. The van der Waals surface area contributed by atoms with Crippen molar-refractivity contribution in [3.05, 3.63) is 35.6 Å². The van der Waals surface area contributed by atoms with E-state index in [1.165, 1.54) is 5.56 Å². The van der Waals surface area contributed by atoms with Gasteiger partial charge in [-0.1, -0.05) is 12.1 Å². The van der Waals surface area contributed by atoms with E-state index in [1.54, 1.807) is 12.1 Å². The van der Waals surface area contributed by atoms with E-state index in [9.17, 15) is 4.39 Å². The van der Waals surface area contributed by atoms with Crippen molar-refractivity contribution in [3.63, 3.8) is 0 Å². The van der Waals surface area contributed by atoms with Crippen molar-refractivity contribution in [1.29, 1.82) is 0 Å². The van der Waals surface area contributed by atoms with Crippen LogP contribution in [0, 0.1) is 5.82 Å². The fraction of sp³-hybridized carbons (Fsp3) is 0.647. The largest absolute Gasteiger partial charge is 0.374 e. The van der Waals surface area contributed by atoms with Crippen molar-refractivity contribution < 1.29 is 9.13 Å². The minimum absolute atomic E-state index is 0.169. The maximum absolute atomic E-state index is 13.0. The third kappa shape index (κ3) is 3.84. The minimum atomic E-state index is -0.169. The van der Waals surface area contributed by atoms with Gasteiger partial charge in [0.1, 0.15) is 5.82 Å². The van der Waals surface area contributed by atoms with Crippen LogP contribution in [0.2, 0.25) is 0 Å². The highest BCUT2D eigenvalue weighted by Crippen LogP contribution is 2.24. The Morgan fingerprint density at radius 3 is 2.73 bits per heavy atom. The van der Waals surface area contributed by atoms with E-state index < -0.39 is 0 Å². The summed E-state index contributed by atoms with van der Waals surface area (Å²) in [5.74, 6) is -0.169. The van der Waals surface area contributed by atoms with Gasteiger partial charge in [-0.15, -0.1) is 0 Å². The smallest absolute Gasteiger partial charge is 0.123 e. The molecule has 0 bridgehead atoms. The van der Waals surface area contributed by atoms with Gasteiger partial charge in [0, 0.05) is 45.3 Å². The average molecular weight is 307 g/mol. The highest BCUT2D eigenvalue weighted by atomic mass is 19.1. The van der Waals surface area contributed by atoms with Crippen LogP contribution in [0.4, 0.5) is 4.39 Å². The van der Waals surface area contributed by atoms with Crippen molar-refractivity contribution >= 4 is 0 Å². The lowest BCUT2D eigenvalue weighted by atomic mass is 10.1. The van der Waals surface area contributed by atoms with Gasteiger partial charge in [0.2, 0.25) is 0 Å². The molecule has 0 N–H and O–H groups in total. The molecule has 2 saturated heterocycles. The Labute approximate surface area is 132 Å². The molecule has 2 aliphatic rings. The second-order valence-electron chi connectivity index (χ2n) is 6.64. The Kier molecular flexibility index (Phi) is 5.08. The number of nitrogens with zero attached hydrogens (tertiary/aromatic N) is 3. The molecule has 2 aliphatic heterocycles. The Hall–Kier alpha value is -1.01. The van der Waals surface area contributed by atoms with Gasteiger partial charge in [0.05, 0.1) is 12.7 Å². The summed E-state index contributed by atoms with van der Waals surface area (Å²) >= 11 is 0. The van der Waals surface area contributed by atoms with E-state index in [0.717, 1.165) is 45.9 Å². The molecule has 122 valence electrons. The summed E-state index contributed by atoms with van der Waals surface area (Å²) in [6.07, 6.45) is 0.316. The van der Waals surface area contributed by atoms with E-state index >= 15 is 0 Å². The molecule has 0 spiro atoms. The Morgan fingerprint density at radius 1 is 1.23 bits per heavy atom. The standard InChI is InChI=1S/C17H26FN3O/c1-19(2)7-8-21-9-10-22-17-13-20(12-16(17)21)11-14-3-5-15(18)6-4-14/h3-6,16-17H,7-13H2,1-2H3/t16-,17+/m0/s1. The highest BCUT2D eigenvalue weighted by Gasteiger charge is 2.39. The first kappa shape index (κ1) is 15.9. The summed E-state index contributed by atoms with van der Waals surface area (Å²) in [4.78, 5) is 7.23. The van der Waals surface area contributed by atoms with Crippen LogP contribution in [0.1, 0.15) is 5.56 Å². The third-order valence-corrected chi connectivity index (χ3v) is 4.65. The summed E-state index contributed by atoms with van der Waals surface area (Å²) in [5.41, 5.74) is 1.17. The number of rotatable bonds is 5. The topological polar surface area (TPSA) is 19.0 Å². The zero-order chi connectivity index (χ0) is 15.5. The molecule has 1 aromatic carbocycles. The van der Waals surface area contributed by atoms with Gasteiger partial charge < -0.3 is 9.64 Å². The molecule has 0 unspecified atom stereocenters. The number of likely N-dealkylation sites (N-methyl/N-ethyl adjacent to an activating group) is 1. The van der Waals surface area contributed by atoms with Crippen molar-refractivity contribution in [1.82, 2.24) is 14.7 Å². The number of benzene rings is 1. The van der Waals surface area contributed by atoms with Gasteiger partial charge in [-0.25, -0.2) is 4.39 Å². The lowest BCUT2D eigenvalue weighted by Gasteiger charge is -2.37. The first-order valence-corrected chi connectivity index (χ1v) is 8.09. The Balaban J connectivity index is 1.58. The van der Waals surface area contributed by atoms with Crippen LogP contribution in [0.15, 0.2) is 24.3 Å². The van der Waals surface area contributed by atoms with E-state index in [-0.39, 0.29) is 5.82 Å². The number of hydrogen-bond acceptors (Lipinski definition) is 4. The average Bonchev–Trinajstić information content (AvgIpc) is 2.90. The monoisotopic (exact) mass is 307 g/mol. The number of fused-ring (bicyclic) bond motifs is 1. The molecule has 22 heavy (non-hydrogen) atoms. The molecule has 0 aliphatic carbocycles. The molecule has 2 heterocycles. The van der Waals surface area contributed by atoms with Gasteiger partial charge in [-0.2, -0.15) is 0 Å². The second kappa shape index (κ2) is 7.04. The molecular formula is C17H26FN3O. The molecule has 5 heteroatoms. The lowest BCUT2D eigenvalue weighted by molar-refractivity contribution is -0.0483. The molecule has 4 nitrogen and oxygen atoms in total. The third-order valence-electron chi connectivity index (χ3n) is 4.65. The molecule has 2 atom stereocenters. The summed E-state index contributed by atoms with van der Waals surface area (Å²) in [5, 5.41) is 0. The Morgan fingerprint density at radius 2 is 2.00 bits per heavy atom. The highest BCUT2D eigenvalue weighted by molar-refractivity contribution is 5.16. The minimum Gasteiger partial charge on any atom is -0.374 e. The van der Waals surface area contributed by atoms with Crippen LogP contribution in [0.3, 0.4) is 0 Å². The van der Waals surface area contributed by atoms with E-state index in [2.05, 4.69) is 28.8 Å². The first-order valence-electron chi connectivity index (χ1n) is 8.09. The Bertz CT molecular complexity index is 479. The number of ether oxygens (including phenoxy) is 1. The molecule has 0 saturated carbocycles. The van der Waals surface area contributed by atoms with Crippen LogP contribution < -0.4 is 0 Å². The summed E-state index contributed by atoms with van der Waals surface area (Å²) in [6, 6.07) is 7.33. The lowest BCUT2D eigenvalue weighted by Crippen LogP contribution is -2.52. The molecule has 0 amide bonds. The number of hydrogen-bond donors (Lipinski definition) is 0. The first-order chi connectivity index (χ1) is 10.6. The van der Waals surface area contributed by atoms with E-state index in [0.29, 0.717) is 12.1 Å². The van der Waals surface area contributed by atoms with Crippen molar-refractivity contribution in [3.8, 4) is 0 Å². The predicted molar refractivity (Wildman–Crippen MR) is 85.3 cm³/mol. The van der Waals surface area contributed by atoms with Gasteiger partial charge >= 0.3 is 0 Å². The van der Waals surface area contributed by atoms with Gasteiger partial charge in [0.25, 0.3) is 0 Å². The summed E-state index contributed by atoms with van der Waals surface area (Å²) < 4.78 is 19.0. The summed E-state index contributed by atoms with van der Waals surface area (Å²) in [7, 11) is 4.24. The molecule has 3 rings (SSSR count). The quantitative estimate of drug-likeness (QED) is 0.815. The predicted octanol–water partition coefficient (Wildman–Crippen LogP) is 1.27. The number of likely N-dealkylation sites (tertiary alicyclic amines) is 1. The second-order valence-corrected chi connectivity index (χ2v) is 6.64. The molecule has 0 aromatic heterocycles. The molecular weight excluding hydrogens is 281 g/mol. The maximum Gasteiger partial charge on any atom is 0.123 e. The van der Waals surface area contributed by atoms with Gasteiger partial charge in [0.15, 0.2) is 0 Å². The van der Waals surface area contributed by atoms with Gasteiger partial charge in [-0.3, -0.25) is 9.80 Å². The maximum atomic E-state index is 13.0. The van der Waals surface area contributed by atoms with Crippen LogP contribution in [-0.2, 0) is 11.3 Å². The SMILES string of the molecule is CN(C)CCN1CCO[C@@H]2CN(Cc3ccc(F)cc3)C[C@@H]21. The van der Waals surface area contributed by atoms with E-state index in [4.69, 9.17) is 4.74 Å². The van der Waals surface area contributed by atoms with Crippen molar-refractivity contribution in [2.24, 2.45) is 0 Å². The zero-order valence-corrected chi connectivity index (χ0v) is 13.5. The van der Waals surface area contributed by atoms with Crippen LogP contribution >= 0.6 is 0 Å².